The molecule has 0 atom stereocenters. The number of aromatic amines is 1. The first-order chi connectivity index (χ1) is 11.2. The lowest BCUT2D eigenvalue weighted by Gasteiger charge is -2.05. The summed E-state index contributed by atoms with van der Waals surface area (Å²) in [6.07, 6.45) is 0. The van der Waals surface area contributed by atoms with Gasteiger partial charge in [0.15, 0.2) is 0 Å². The number of rotatable bonds is 2. The Kier molecular flexibility index (Phi) is 3.08. The summed E-state index contributed by atoms with van der Waals surface area (Å²) in [6, 6.07) is 19.0. The first-order valence-corrected chi connectivity index (χ1v) is 7.37. The monoisotopic (exact) mass is 302 g/mol. The van der Waals surface area contributed by atoms with E-state index in [1.807, 2.05) is 61.5 Å². The Bertz CT molecular complexity index is 1060. The van der Waals surface area contributed by atoms with Gasteiger partial charge in [0.05, 0.1) is 10.9 Å². The first-order valence-electron chi connectivity index (χ1n) is 7.37. The summed E-state index contributed by atoms with van der Waals surface area (Å²) < 4.78 is 5.66. The molecule has 0 fully saturated rings. The van der Waals surface area contributed by atoms with Gasteiger partial charge in [0.25, 0.3) is 5.56 Å². The van der Waals surface area contributed by atoms with Crippen molar-refractivity contribution in [2.75, 3.05) is 0 Å². The van der Waals surface area contributed by atoms with Gasteiger partial charge in [-0.3, -0.25) is 4.79 Å². The van der Waals surface area contributed by atoms with E-state index in [0.29, 0.717) is 16.7 Å². The molecule has 4 nitrogen and oxygen atoms in total. The highest BCUT2D eigenvalue weighted by molar-refractivity contribution is 5.79. The van der Waals surface area contributed by atoms with Gasteiger partial charge in [-0.15, -0.1) is 0 Å². The summed E-state index contributed by atoms with van der Waals surface area (Å²) in [5, 5.41) is 0.592. The van der Waals surface area contributed by atoms with Crippen molar-refractivity contribution in [3.63, 3.8) is 0 Å². The SMILES string of the molecule is Cc1ccc(-c2cccc(-c3nc4ccccc4c(=O)[nH]3)c2)o1. The van der Waals surface area contributed by atoms with Crippen LogP contribution >= 0.6 is 0 Å². The fourth-order valence-electron chi connectivity index (χ4n) is 2.63. The van der Waals surface area contributed by atoms with E-state index < -0.39 is 0 Å². The molecule has 112 valence electrons. The highest BCUT2D eigenvalue weighted by atomic mass is 16.3. The van der Waals surface area contributed by atoms with Crippen molar-refractivity contribution < 1.29 is 4.42 Å². The minimum Gasteiger partial charge on any atom is -0.461 e. The molecule has 0 saturated heterocycles. The minimum atomic E-state index is -0.134. The van der Waals surface area contributed by atoms with Gasteiger partial charge >= 0.3 is 0 Å². The maximum atomic E-state index is 12.2. The van der Waals surface area contributed by atoms with E-state index >= 15 is 0 Å². The summed E-state index contributed by atoms with van der Waals surface area (Å²) in [6.45, 7) is 1.91. The van der Waals surface area contributed by atoms with Crippen LogP contribution in [0.3, 0.4) is 0 Å². The number of H-pyrrole nitrogens is 1. The number of nitrogens with zero attached hydrogens (tertiary/aromatic N) is 1. The summed E-state index contributed by atoms with van der Waals surface area (Å²) in [5.74, 6) is 2.22. The zero-order chi connectivity index (χ0) is 15.8. The number of hydrogen-bond donors (Lipinski definition) is 1. The molecule has 2 aromatic heterocycles. The molecule has 0 spiro atoms. The molecule has 4 rings (SSSR count). The van der Waals surface area contributed by atoms with Crippen molar-refractivity contribution in [3.8, 4) is 22.7 Å². The third kappa shape index (κ3) is 2.44. The molecule has 0 unspecified atom stereocenters. The van der Waals surface area contributed by atoms with Crippen molar-refractivity contribution in [1.29, 1.82) is 0 Å². The Hall–Kier alpha value is -3.14. The molecule has 4 heteroatoms. The third-order valence-corrected chi connectivity index (χ3v) is 3.77. The van der Waals surface area contributed by atoms with Crippen LogP contribution in [0.5, 0.6) is 0 Å². The van der Waals surface area contributed by atoms with Gasteiger partial charge < -0.3 is 9.40 Å². The fraction of sp³-hybridized carbons (Fsp3) is 0.0526. The van der Waals surface area contributed by atoms with E-state index in [0.717, 1.165) is 22.6 Å². The number of aryl methyl sites for hydroxylation is 1. The van der Waals surface area contributed by atoms with Gasteiger partial charge in [-0.25, -0.2) is 4.98 Å². The molecular formula is C19H14N2O2. The Morgan fingerprint density at radius 3 is 2.61 bits per heavy atom. The molecule has 0 aliphatic rings. The Morgan fingerprint density at radius 1 is 0.957 bits per heavy atom. The van der Waals surface area contributed by atoms with E-state index in [1.54, 1.807) is 6.07 Å². The van der Waals surface area contributed by atoms with E-state index in [4.69, 9.17) is 4.42 Å². The predicted molar refractivity (Wildman–Crippen MR) is 90.2 cm³/mol. The first kappa shape index (κ1) is 13.5. The lowest BCUT2D eigenvalue weighted by atomic mass is 10.1. The van der Waals surface area contributed by atoms with Crippen molar-refractivity contribution in [2.45, 2.75) is 6.92 Å². The highest BCUT2D eigenvalue weighted by Crippen LogP contribution is 2.26. The molecule has 0 bridgehead atoms. The normalized spacial score (nSPS) is 11.0. The van der Waals surface area contributed by atoms with Gasteiger partial charge in [0.2, 0.25) is 0 Å². The van der Waals surface area contributed by atoms with Crippen LogP contribution in [-0.2, 0) is 0 Å². The highest BCUT2D eigenvalue weighted by Gasteiger charge is 2.08. The molecular weight excluding hydrogens is 288 g/mol. The lowest BCUT2D eigenvalue weighted by molar-refractivity contribution is 0.548. The van der Waals surface area contributed by atoms with Gasteiger partial charge in [0, 0.05) is 11.1 Å². The summed E-state index contributed by atoms with van der Waals surface area (Å²) >= 11 is 0. The maximum Gasteiger partial charge on any atom is 0.259 e. The quantitative estimate of drug-likeness (QED) is 0.605. The van der Waals surface area contributed by atoms with Crippen LogP contribution in [0, 0.1) is 6.92 Å². The van der Waals surface area contributed by atoms with Crippen LogP contribution < -0.4 is 5.56 Å². The number of nitrogens with one attached hydrogen (secondary N) is 1. The molecule has 2 aromatic carbocycles. The molecule has 0 amide bonds. The summed E-state index contributed by atoms with van der Waals surface area (Å²) in [4.78, 5) is 19.6. The number of hydrogen-bond acceptors (Lipinski definition) is 3. The van der Waals surface area contributed by atoms with Gasteiger partial charge in [-0.05, 0) is 37.3 Å². The zero-order valence-electron chi connectivity index (χ0n) is 12.5. The van der Waals surface area contributed by atoms with Crippen LogP contribution in [0.25, 0.3) is 33.6 Å². The average molecular weight is 302 g/mol. The lowest BCUT2D eigenvalue weighted by Crippen LogP contribution is -2.09. The van der Waals surface area contributed by atoms with E-state index in [9.17, 15) is 4.79 Å². The Labute approximate surface area is 132 Å². The van der Waals surface area contributed by atoms with E-state index in [1.165, 1.54) is 0 Å². The number of para-hydroxylation sites is 1. The Morgan fingerprint density at radius 2 is 1.78 bits per heavy atom. The van der Waals surface area contributed by atoms with Crippen LogP contribution in [-0.4, -0.2) is 9.97 Å². The smallest absolute Gasteiger partial charge is 0.259 e. The van der Waals surface area contributed by atoms with Crippen LogP contribution in [0.1, 0.15) is 5.76 Å². The molecule has 0 saturated carbocycles. The second kappa shape index (κ2) is 5.25. The molecule has 0 aliphatic heterocycles. The maximum absolute atomic E-state index is 12.2. The fourth-order valence-corrected chi connectivity index (χ4v) is 2.63. The Balaban J connectivity index is 1.86. The molecule has 4 aromatic rings. The standard InChI is InChI=1S/C19H14N2O2/c1-12-9-10-17(23-12)13-5-4-6-14(11-13)18-20-16-8-3-2-7-15(16)19(22)21-18/h2-11H,1H3,(H,20,21,22). The second-order valence-corrected chi connectivity index (χ2v) is 5.42. The molecule has 1 N–H and O–H groups in total. The van der Waals surface area contributed by atoms with Crippen LogP contribution in [0.4, 0.5) is 0 Å². The molecule has 0 aliphatic carbocycles. The number of furan rings is 1. The molecule has 2 heterocycles. The average Bonchev–Trinajstić information content (AvgIpc) is 3.01. The van der Waals surface area contributed by atoms with E-state index in [2.05, 4.69) is 9.97 Å². The van der Waals surface area contributed by atoms with Crippen LogP contribution in [0.2, 0.25) is 0 Å². The minimum absolute atomic E-state index is 0.134. The van der Waals surface area contributed by atoms with Gasteiger partial charge in [-0.1, -0.05) is 30.3 Å². The number of benzene rings is 2. The van der Waals surface area contributed by atoms with Crippen molar-refractivity contribution in [2.24, 2.45) is 0 Å². The van der Waals surface area contributed by atoms with Crippen molar-refractivity contribution >= 4 is 10.9 Å². The third-order valence-electron chi connectivity index (χ3n) is 3.77. The number of aromatic nitrogens is 2. The van der Waals surface area contributed by atoms with E-state index in [-0.39, 0.29) is 5.56 Å². The summed E-state index contributed by atoms with van der Waals surface area (Å²) in [7, 11) is 0. The van der Waals surface area contributed by atoms with Crippen molar-refractivity contribution in [3.05, 3.63) is 76.8 Å². The molecule has 0 radical (unpaired) electrons. The van der Waals surface area contributed by atoms with Crippen LogP contribution in [0.15, 0.2) is 69.9 Å². The predicted octanol–water partition coefficient (Wildman–Crippen LogP) is 4.16. The second-order valence-electron chi connectivity index (χ2n) is 5.42. The zero-order valence-corrected chi connectivity index (χ0v) is 12.5. The molecule has 23 heavy (non-hydrogen) atoms. The number of fused-ring (bicyclic) bond motifs is 1. The van der Waals surface area contributed by atoms with Crippen molar-refractivity contribution in [1.82, 2.24) is 9.97 Å². The topological polar surface area (TPSA) is 58.9 Å². The van der Waals surface area contributed by atoms with Gasteiger partial charge in [0.1, 0.15) is 17.3 Å². The van der Waals surface area contributed by atoms with Gasteiger partial charge in [-0.2, -0.15) is 0 Å². The largest absolute Gasteiger partial charge is 0.461 e. The summed E-state index contributed by atoms with van der Waals surface area (Å²) in [5.41, 5.74) is 2.35.